The van der Waals surface area contributed by atoms with Crippen molar-refractivity contribution in [3.05, 3.63) is 16.3 Å². The maximum absolute atomic E-state index is 11.6. The number of amides is 1. The fraction of sp³-hybridized carbons (Fsp3) is 0.706. The van der Waals surface area contributed by atoms with E-state index in [1.54, 1.807) is 0 Å². The molecule has 3 rings (SSSR count). The van der Waals surface area contributed by atoms with Gasteiger partial charge in [-0.3, -0.25) is 14.9 Å². The van der Waals surface area contributed by atoms with E-state index in [0.717, 1.165) is 12.8 Å². The summed E-state index contributed by atoms with van der Waals surface area (Å²) in [4.78, 5) is 30.9. The van der Waals surface area contributed by atoms with E-state index >= 15 is 0 Å². The molecule has 1 amide bonds. The van der Waals surface area contributed by atoms with Gasteiger partial charge in [0.25, 0.3) is 0 Å². The van der Waals surface area contributed by atoms with Crippen LogP contribution in [0.5, 0.6) is 0 Å². The van der Waals surface area contributed by atoms with Gasteiger partial charge in [-0.1, -0.05) is 6.92 Å². The van der Waals surface area contributed by atoms with Crippen molar-refractivity contribution in [1.82, 2.24) is 9.97 Å². The molecule has 4 N–H and O–H groups in total. The van der Waals surface area contributed by atoms with Crippen molar-refractivity contribution < 1.29 is 14.5 Å². The zero-order valence-electron chi connectivity index (χ0n) is 15.4. The molecule has 1 saturated heterocycles. The lowest BCUT2D eigenvalue weighted by atomic mass is 9.73. The maximum Gasteiger partial charge on any atom is 0.329 e. The minimum atomic E-state index is -0.508. The van der Waals surface area contributed by atoms with E-state index in [1.807, 2.05) is 6.92 Å². The van der Waals surface area contributed by atoms with Crippen LogP contribution < -0.4 is 16.4 Å². The van der Waals surface area contributed by atoms with E-state index in [9.17, 15) is 14.9 Å². The molecule has 10 nitrogen and oxygen atoms in total. The molecular weight excluding hydrogens is 352 g/mol. The number of hydrogen-bond acceptors (Lipinski definition) is 8. The molecule has 1 aromatic heterocycles. The lowest BCUT2D eigenvalue weighted by molar-refractivity contribution is -0.384. The van der Waals surface area contributed by atoms with Gasteiger partial charge in [-0.05, 0) is 38.5 Å². The minimum absolute atomic E-state index is 0.00181. The SMILES string of the molecule is C[C@]1(C(N)=O)CC[C@H](Nc2nc(NC3CCOCC3)ncc2[N+](=O)[O-])CC1. The zero-order chi connectivity index (χ0) is 19.4. The van der Waals surface area contributed by atoms with Gasteiger partial charge in [0.2, 0.25) is 17.7 Å². The Bertz CT molecular complexity index is 699. The molecule has 2 heterocycles. The fourth-order valence-electron chi connectivity index (χ4n) is 3.55. The standard InChI is InChI=1S/C17H26N6O4/c1-17(15(18)24)6-2-11(3-7-17)20-14-13(23(25)26)10-19-16(22-14)21-12-4-8-27-9-5-12/h10-12H,2-9H2,1H3,(H2,18,24)(H2,19,20,21,22)/t11-,17-. The molecule has 1 aliphatic heterocycles. The molecule has 0 atom stereocenters. The van der Waals surface area contributed by atoms with Crippen molar-refractivity contribution in [2.24, 2.45) is 11.1 Å². The molecular formula is C17H26N6O4. The van der Waals surface area contributed by atoms with Gasteiger partial charge in [0.15, 0.2) is 0 Å². The highest BCUT2D eigenvalue weighted by Crippen LogP contribution is 2.37. The average molecular weight is 378 g/mol. The van der Waals surface area contributed by atoms with Gasteiger partial charge >= 0.3 is 5.69 Å². The predicted octanol–water partition coefficient (Wildman–Crippen LogP) is 1.82. The van der Waals surface area contributed by atoms with Gasteiger partial charge in [0, 0.05) is 30.7 Å². The molecule has 0 unspecified atom stereocenters. The normalized spacial score (nSPS) is 26.3. The number of ether oxygens (including phenoxy) is 1. The van der Waals surface area contributed by atoms with Gasteiger partial charge in [-0.25, -0.2) is 4.98 Å². The third-order valence-electron chi connectivity index (χ3n) is 5.55. The number of anilines is 2. The smallest absolute Gasteiger partial charge is 0.329 e. The van der Waals surface area contributed by atoms with Gasteiger partial charge in [-0.2, -0.15) is 4.98 Å². The largest absolute Gasteiger partial charge is 0.381 e. The third kappa shape index (κ3) is 4.62. The zero-order valence-corrected chi connectivity index (χ0v) is 15.4. The van der Waals surface area contributed by atoms with Gasteiger partial charge in [0.1, 0.15) is 6.20 Å². The second-order valence-corrected chi connectivity index (χ2v) is 7.56. The van der Waals surface area contributed by atoms with Crippen LogP contribution >= 0.6 is 0 Å². The summed E-state index contributed by atoms with van der Waals surface area (Å²) in [7, 11) is 0. The maximum atomic E-state index is 11.6. The number of nitrogens with zero attached hydrogens (tertiary/aromatic N) is 3. The summed E-state index contributed by atoms with van der Waals surface area (Å²) in [5, 5.41) is 17.7. The molecule has 0 bridgehead atoms. The molecule has 148 valence electrons. The number of nitrogens with two attached hydrogens (primary N) is 1. The van der Waals surface area contributed by atoms with Crippen molar-refractivity contribution in [2.45, 2.75) is 57.5 Å². The number of carbonyl (C=O) groups excluding carboxylic acids is 1. The number of nitro groups is 1. The molecule has 1 aliphatic carbocycles. The summed E-state index contributed by atoms with van der Waals surface area (Å²) in [6.07, 6.45) is 5.60. The lowest BCUT2D eigenvalue weighted by Crippen LogP contribution is -2.40. The molecule has 27 heavy (non-hydrogen) atoms. The number of primary amides is 1. The summed E-state index contributed by atoms with van der Waals surface area (Å²) >= 11 is 0. The first-order valence-corrected chi connectivity index (χ1v) is 9.29. The van der Waals surface area contributed by atoms with Crippen molar-refractivity contribution in [1.29, 1.82) is 0 Å². The summed E-state index contributed by atoms with van der Waals surface area (Å²) < 4.78 is 5.33. The molecule has 0 radical (unpaired) electrons. The van der Waals surface area contributed by atoms with Crippen LogP contribution in [-0.4, -0.2) is 46.1 Å². The average Bonchev–Trinajstić information content (AvgIpc) is 2.64. The molecule has 2 fully saturated rings. The molecule has 10 heteroatoms. The highest BCUT2D eigenvalue weighted by Gasteiger charge is 2.36. The summed E-state index contributed by atoms with van der Waals surface area (Å²) in [5.41, 5.74) is 4.82. The van der Waals surface area contributed by atoms with Gasteiger partial charge in [-0.15, -0.1) is 0 Å². The van der Waals surface area contributed by atoms with Crippen LogP contribution in [-0.2, 0) is 9.53 Å². The van der Waals surface area contributed by atoms with E-state index in [0.29, 0.717) is 44.8 Å². The Hall–Kier alpha value is -2.49. The van der Waals surface area contributed by atoms with Crippen molar-refractivity contribution in [3.63, 3.8) is 0 Å². The topological polar surface area (TPSA) is 145 Å². The first kappa shape index (κ1) is 19.3. The van der Waals surface area contributed by atoms with Crippen molar-refractivity contribution in [2.75, 3.05) is 23.8 Å². The van der Waals surface area contributed by atoms with Crippen LogP contribution in [0.2, 0.25) is 0 Å². The molecule has 1 aromatic rings. The third-order valence-corrected chi connectivity index (χ3v) is 5.55. The van der Waals surface area contributed by atoms with Crippen LogP contribution in [0.3, 0.4) is 0 Å². The van der Waals surface area contributed by atoms with Gasteiger partial charge < -0.3 is 21.1 Å². The van der Waals surface area contributed by atoms with Crippen LogP contribution in [0.15, 0.2) is 6.20 Å². The number of nitrogens with one attached hydrogen (secondary N) is 2. The summed E-state index contributed by atoms with van der Waals surface area (Å²) in [6.45, 7) is 3.22. The van der Waals surface area contributed by atoms with Crippen LogP contribution in [0.25, 0.3) is 0 Å². The Morgan fingerprint density at radius 3 is 2.48 bits per heavy atom. The second-order valence-electron chi connectivity index (χ2n) is 7.56. The first-order chi connectivity index (χ1) is 12.9. The minimum Gasteiger partial charge on any atom is -0.381 e. The Labute approximate surface area is 157 Å². The lowest BCUT2D eigenvalue weighted by Gasteiger charge is -2.35. The van der Waals surface area contributed by atoms with E-state index in [-0.39, 0.29) is 29.5 Å². The van der Waals surface area contributed by atoms with Crippen LogP contribution in [0.1, 0.15) is 45.4 Å². The first-order valence-electron chi connectivity index (χ1n) is 9.29. The highest BCUT2D eigenvalue weighted by atomic mass is 16.6. The van der Waals surface area contributed by atoms with Crippen molar-refractivity contribution in [3.8, 4) is 0 Å². The quantitative estimate of drug-likeness (QED) is 0.502. The van der Waals surface area contributed by atoms with Crippen LogP contribution in [0.4, 0.5) is 17.5 Å². The molecule has 0 spiro atoms. The number of aromatic nitrogens is 2. The number of carbonyl (C=O) groups is 1. The van der Waals surface area contributed by atoms with Gasteiger partial charge in [0.05, 0.1) is 4.92 Å². The number of hydrogen-bond donors (Lipinski definition) is 3. The Balaban J connectivity index is 1.70. The summed E-state index contributed by atoms with van der Waals surface area (Å²) in [5.74, 6) is 0.280. The van der Waals surface area contributed by atoms with E-state index in [2.05, 4.69) is 20.6 Å². The molecule has 1 saturated carbocycles. The highest BCUT2D eigenvalue weighted by molar-refractivity contribution is 5.80. The summed E-state index contributed by atoms with van der Waals surface area (Å²) in [6, 6.07) is 0.195. The molecule has 2 aliphatic rings. The fourth-order valence-corrected chi connectivity index (χ4v) is 3.55. The van der Waals surface area contributed by atoms with Crippen LogP contribution in [0, 0.1) is 15.5 Å². The van der Waals surface area contributed by atoms with E-state index in [4.69, 9.17) is 10.5 Å². The number of rotatable bonds is 6. The molecule has 0 aromatic carbocycles. The Morgan fingerprint density at radius 1 is 1.26 bits per heavy atom. The Kier molecular flexibility index (Phi) is 5.73. The Morgan fingerprint density at radius 2 is 1.89 bits per heavy atom. The van der Waals surface area contributed by atoms with E-state index in [1.165, 1.54) is 6.20 Å². The van der Waals surface area contributed by atoms with Crippen molar-refractivity contribution >= 4 is 23.4 Å². The predicted molar refractivity (Wildman–Crippen MR) is 99.3 cm³/mol. The monoisotopic (exact) mass is 378 g/mol. The second kappa shape index (κ2) is 8.03. The van der Waals surface area contributed by atoms with E-state index < -0.39 is 10.3 Å².